The van der Waals surface area contributed by atoms with Crippen molar-refractivity contribution in [2.75, 3.05) is 5.32 Å². The van der Waals surface area contributed by atoms with Gasteiger partial charge in [0.05, 0.1) is 11.3 Å². The van der Waals surface area contributed by atoms with Crippen LogP contribution in [0.1, 0.15) is 21.5 Å². The van der Waals surface area contributed by atoms with E-state index >= 15 is 0 Å². The molecule has 0 radical (unpaired) electrons. The van der Waals surface area contributed by atoms with E-state index in [1.807, 2.05) is 42.5 Å². The molecular formula is C19H16N2O2. The first-order valence-electron chi connectivity index (χ1n) is 7.29. The lowest BCUT2D eigenvalue weighted by atomic mass is 10.1. The summed E-state index contributed by atoms with van der Waals surface area (Å²) in [5.41, 5.74) is 4.10. The maximum atomic E-state index is 11.2. The smallest absolute Gasteiger partial charge is 0.337 e. The molecule has 3 rings (SSSR count). The number of pyridine rings is 1. The number of para-hydroxylation sites is 1. The Balaban J connectivity index is 1.74. The highest BCUT2D eigenvalue weighted by atomic mass is 16.4. The van der Waals surface area contributed by atoms with Crippen molar-refractivity contribution >= 4 is 17.3 Å². The Kier molecular flexibility index (Phi) is 4.34. The highest BCUT2D eigenvalue weighted by molar-refractivity contribution is 5.95. The lowest BCUT2D eigenvalue weighted by molar-refractivity contribution is 0.0698. The van der Waals surface area contributed by atoms with Crippen LogP contribution in [-0.4, -0.2) is 16.1 Å². The number of carbonyl (C=O) groups is 1. The molecule has 0 aliphatic rings. The Morgan fingerprint density at radius 2 is 1.57 bits per heavy atom. The molecule has 2 N–H and O–H groups in total. The molecule has 0 fully saturated rings. The minimum atomic E-state index is -0.942. The van der Waals surface area contributed by atoms with E-state index < -0.39 is 5.97 Å². The number of benzene rings is 2. The molecule has 0 unspecified atom stereocenters. The Morgan fingerprint density at radius 1 is 0.913 bits per heavy atom. The van der Waals surface area contributed by atoms with Gasteiger partial charge in [-0.1, -0.05) is 24.3 Å². The molecule has 114 valence electrons. The molecule has 4 heteroatoms. The van der Waals surface area contributed by atoms with Crippen LogP contribution in [0.15, 0.2) is 73.1 Å². The Morgan fingerprint density at radius 3 is 2.26 bits per heavy atom. The highest BCUT2D eigenvalue weighted by Gasteiger charge is 2.08. The third-order valence-corrected chi connectivity index (χ3v) is 3.55. The normalized spacial score (nSPS) is 10.3. The second-order valence-electron chi connectivity index (χ2n) is 5.20. The summed E-state index contributed by atoms with van der Waals surface area (Å²) in [6.07, 6.45) is 4.41. The van der Waals surface area contributed by atoms with Crippen LogP contribution in [0.4, 0.5) is 11.4 Å². The Labute approximate surface area is 134 Å². The van der Waals surface area contributed by atoms with Crippen LogP contribution in [0.5, 0.6) is 0 Å². The van der Waals surface area contributed by atoms with Crippen molar-refractivity contribution in [3.8, 4) is 0 Å². The van der Waals surface area contributed by atoms with Gasteiger partial charge in [-0.3, -0.25) is 4.98 Å². The van der Waals surface area contributed by atoms with E-state index in [-0.39, 0.29) is 5.56 Å². The minimum Gasteiger partial charge on any atom is -0.478 e. The molecule has 0 saturated carbocycles. The number of aromatic carboxylic acids is 1. The van der Waals surface area contributed by atoms with Crippen molar-refractivity contribution < 1.29 is 9.90 Å². The van der Waals surface area contributed by atoms with Crippen LogP contribution in [0, 0.1) is 0 Å². The van der Waals surface area contributed by atoms with E-state index in [9.17, 15) is 9.90 Å². The number of carboxylic acids is 1. The maximum Gasteiger partial charge on any atom is 0.337 e. The van der Waals surface area contributed by atoms with Crippen molar-refractivity contribution in [1.82, 2.24) is 4.98 Å². The van der Waals surface area contributed by atoms with Crippen molar-refractivity contribution in [3.05, 3.63) is 89.7 Å². The predicted octanol–water partition coefficient (Wildman–Crippen LogP) is 4.11. The topological polar surface area (TPSA) is 62.2 Å². The standard InChI is InChI=1S/C19H16N2O2/c22-19(23)17-3-1-2-4-18(17)21-16-7-5-14(6-8-16)13-15-9-11-20-12-10-15/h1-12,21H,13H2,(H,22,23). The largest absolute Gasteiger partial charge is 0.478 e. The highest BCUT2D eigenvalue weighted by Crippen LogP contribution is 2.21. The summed E-state index contributed by atoms with van der Waals surface area (Å²) in [4.78, 5) is 15.2. The van der Waals surface area contributed by atoms with Crippen molar-refractivity contribution in [2.45, 2.75) is 6.42 Å². The summed E-state index contributed by atoms with van der Waals surface area (Å²) in [5, 5.41) is 12.4. The lowest BCUT2D eigenvalue weighted by Gasteiger charge is -2.10. The monoisotopic (exact) mass is 304 g/mol. The fourth-order valence-corrected chi connectivity index (χ4v) is 2.38. The van der Waals surface area contributed by atoms with E-state index in [0.29, 0.717) is 5.69 Å². The molecule has 0 bridgehead atoms. The summed E-state index contributed by atoms with van der Waals surface area (Å²) in [6, 6.07) is 18.8. The molecule has 1 heterocycles. The van der Waals surface area contributed by atoms with Crippen molar-refractivity contribution in [2.24, 2.45) is 0 Å². The van der Waals surface area contributed by atoms with Gasteiger partial charge in [0.1, 0.15) is 0 Å². The van der Waals surface area contributed by atoms with Gasteiger partial charge in [-0.15, -0.1) is 0 Å². The Bertz CT molecular complexity index is 799. The first kappa shape index (κ1) is 14.8. The van der Waals surface area contributed by atoms with Crippen LogP contribution >= 0.6 is 0 Å². The number of hydrogen-bond acceptors (Lipinski definition) is 3. The lowest BCUT2D eigenvalue weighted by Crippen LogP contribution is -2.02. The van der Waals surface area contributed by atoms with E-state index in [4.69, 9.17) is 0 Å². The zero-order chi connectivity index (χ0) is 16.1. The third kappa shape index (κ3) is 3.74. The molecule has 0 aliphatic carbocycles. The predicted molar refractivity (Wildman–Crippen MR) is 90.2 cm³/mol. The molecular weight excluding hydrogens is 288 g/mol. The van der Waals surface area contributed by atoms with E-state index in [1.165, 1.54) is 11.1 Å². The van der Waals surface area contributed by atoms with Gasteiger partial charge in [0.15, 0.2) is 0 Å². The molecule has 0 atom stereocenters. The molecule has 0 aliphatic heterocycles. The van der Waals surface area contributed by atoms with Crippen LogP contribution < -0.4 is 5.32 Å². The quantitative estimate of drug-likeness (QED) is 0.744. The van der Waals surface area contributed by atoms with Gasteiger partial charge < -0.3 is 10.4 Å². The molecule has 1 aromatic heterocycles. The number of anilines is 2. The van der Waals surface area contributed by atoms with Gasteiger partial charge in [-0.25, -0.2) is 4.79 Å². The molecule has 0 spiro atoms. The molecule has 4 nitrogen and oxygen atoms in total. The van der Waals surface area contributed by atoms with Crippen LogP contribution in [0.2, 0.25) is 0 Å². The second-order valence-corrected chi connectivity index (χ2v) is 5.20. The van der Waals surface area contributed by atoms with Crippen molar-refractivity contribution in [1.29, 1.82) is 0 Å². The van der Waals surface area contributed by atoms with Gasteiger partial charge in [-0.05, 0) is 53.9 Å². The molecule has 0 saturated heterocycles. The maximum absolute atomic E-state index is 11.2. The molecule has 3 aromatic rings. The number of rotatable bonds is 5. The zero-order valence-electron chi connectivity index (χ0n) is 12.4. The van der Waals surface area contributed by atoms with Gasteiger partial charge in [0, 0.05) is 18.1 Å². The number of nitrogens with zero attached hydrogens (tertiary/aromatic N) is 1. The summed E-state index contributed by atoms with van der Waals surface area (Å²) in [7, 11) is 0. The van der Waals surface area contributed by atoms with Gasteiger partial charge >= 0.3 is 5.97 Å². The summed E-state index contributed by atoms with van der Waals surface area (Å²) in [6.45, 7) is 0. The van der Waals surface area contributed by atoms with E-state index in [0.717, 1.165) is 12.1 Å². The summed E-state index contributed by atoms with van der Waals surface area (Å²) < 4.78 is 0. The fourth-order valence-electron chi connectivity index (χ4n) is 2.38. The van der Waals surface area contributed by atoms with Crippen LogP contribution in [0.25, 0.3) is 0 Å². The van der Waals surface area contributed by atoms with Gasteiger partial charge in [0.25, 0.3) is 0 Å². The van der Waals surface area contributed by atoms with E-state index in [2.05, 4.69) is 10.3 Å². The zero-order valence-corrected chi connectivity index (χ0v) is 12.4. The fraction of sp³-hybridized carbons (Fsp3) is 0.0526. The SMILES string of the molecule is O=C(O)c1ccccc1Nc1ccc(Cc2ccncc2)cc1. The number of nitrogens with one attached hydrogen (secondary N) is 1. The number of hydrogen-bond donors (Lipinski definition) is 2. The first-order chi connectivity index (χ1) is 11.2. The van der Waals surface area contributed by atoms with Crippen molar-refractivity contribution in [3.63, 3.8) is 0 Å². The second kappa shape index (κ2) is 6.75. The van der Waals surface area contributed by atoms with Crippen LogP contribution in [0.3, 0.4) is 0 Å². The summed E-state index contributed by atoms with van der Waals surface area (Å²) in [5.74, 6) is -0.942. The molecule has 2 aromatic carbocycles. The van der Waals surface area contributed by atoms with Gasteiger partial charge in [-0.2, -0.15) is 0 Å². The number of aromatic nitrogens is 1. The van der Waals surface area contributed by atoms with Crippen LogP contribution in [-0.2, 0) is 6.42 Å². The number of carboxylic acid groups (broad SMARTS) is 1. The van der Waals surface area contributed by atoms with E-state index in [1.54, 1.807) is 30.6 Å². The minimum absolute atomic E-state index is 0.258. The average Bonchev–Trinajstić information content (AvgIpc) is 2.58. The Hall–Kier alpha value is -3.14. The summed E-state index contributed by atoms with van der Waals surface area (Å²) >= 11 is 0. The first-order valence-corrected chi connectivity index (χ1v) is 7.29. The van der Waals surface area contributed by atoms with Gasteiger partial charge in [0.2, 0.25) is 0 Å². The molecule has 0 amide bonds. The third-order valence-electron chi connectivity index (χ3n) is 3.55. The molecule has 23 heavy (non-hydrogen) atoms. The average molecular weight is 304 g/mol.